The SMILES string of the molecule is CC(C)Oc1cccc(CN2CCC(C)C(N)C2)c1. The zero-order chi connectivity index (χ0) is 13.8. The predicted octanol–water partition coefficient (Wildman–Crippen LogP) is 2.64. The molecule has 3 nitrogen and oxygen atoms in total. The quantitative estimate of drug-likeness (QED) is 0.906. The first-order valence-electron chi connectivity index (χ1n) is 7.28. The van der Waals surface area contributed by atoms with Crippen molar-refractivity contribution in [2.75, 3.05) is 13.1 Å². The second kappa shape index (κ2) is 6.40. The molecular weight excluding hydrogens is 236 g/mol. The smallest absolute Gasteiger partial charge is 0.120 e. The summed E-state index contributed by atoms with van der Waals surface area (Å²) in [5.74, 6) is 1.61. The molecular formula is C16H26N2O. The zero-order valence-corrected chi connectivity index (χ0v) is 12.3. The minimum absolute atomic E-state index is 0.222. The molecule has 1 aromatic carbocycles. The summed E-state index contributed by atoms with van der Waals surface area (Å²) in [6, 6.07) is 8.71. The first-order chi connectivity index (χ1) is 9.04. The van der Waals surface area contributed by atoms with Gasteiger partial charge in [0.25, 0.3) is 0 Å². The van der Waals surface area contributed by atoms with Crippen LogP contribution in [0.2, 0.25) is 0 Å². The van der Waals surface area contributed by atoms with Crippen LogP contribution in [0, 0.1) is 5.92 Å². The molecule has 1 fully saturated rings. The van der Waals surface area contributed by atoms with Gasteiger partial charge in [0.05, 0.1) is 6.10 Å². The van der Waals surface area contributed by atoms with Crippen molar-refractivity contribution in [3.8, 4) is 5.75 Å². The van der Waals surface area contributed by atoms with Gasteiger partial charge in [0.1, 0.15) is 5.75 Å². The highest BCUT2D eigenvalue weighted by atomic mass is 16.5. The van der Waals surface area contributed by atoms with Crippen LogP contribution in [0.1, 0.15) is 32.8 Å². The maximum Gasteiger partial charge on any atom is 0.120 e. The van der Waals surface area contributed by atoms with E-state index in [0.717, 1.165) is 25.4 Å². The van der Waals surface area contributed by atoms with Crippen LogP contribution in [0.5, 0.6) is 5.75 Å². The number of likely N-dealkylation sites (tertiary alicyclic amines) is 1. The molecule has 0 bridgehead atoms. The molecule has 0 amide bonds. The average Bonchev–Trinajstić information content (AvgIpc) is 2.33. The van der Waals surface area contributed by atoms with Gasteiger partial charge in [-0.05, 0) is 50.4 Å². The predicted molar refractivity (Wildman–Crippen MR) is 79.2 cm³/mol. The van der Waals surface area contributed by atoms with Crippen LogP contribution < -0.4 is 10.5 Å². The van der Waals surface area contributed by atoms with E-state index >= 15 is 0 Å². The molecule has 2 unspecified atom stereocenters. The summed E-state index contributed by atoms with van der Waals surface area (Å²) in [7, 11) is 0. The highest BCUT2D eigenvalue weighted by Gasteiger charge is 2.22. The lowest BCUT2D eigenvalue weighted by atomic mass is 9.94. The summed E-state index contributed by atoms with van der Waals surface area (Å²) in [5.41, 5.74) is 7.46. The molecule has 0 saturated carbocycles. The summed E-state index contributed by atoms with van der Waals surface area (Å²) in [5, 5.41) is 0. The van der Waals surface area contributed by atoms with Crippen molar-refractivity contribution < 1.29 is 4.74 Å². The van der Waals surface area contributed by atoms with E-state index in [1.807, 2.05) is 6.07 Å². The Labute approximate surface area is 116 Å². The van der Waals surface area contributed by atoms with Gasteiger partial charge in [-0.2, -0.15) is 0 Å². The second-order valence-electron chi connectivity index (χ2n) is 5.98. The molecule has 2 atom stereocenters. The van der Waals surface area contributed by atoms with Crippen molar-refractivity contribution in [1.82, 2.24) is 4.90 Å². The first kappa shape index (κ1) is 14.4. The number of hydrogen-bond acceptors (Lipinski definition) is 3. The Hall–Kier alpha value is -1.06. The number of nitrogens with zero attached hydrogens (tertiary/aromatic N) is 1. The topological polar surface area (TPSA) is 38.5 Å². The molecule has 0 radical (unpaired) electrons. The van der Waals surface area contributed by atoms with Crippen LogP contribution in [-0.4, -0.2) is 30.1 Å². The number of nitrogens with two attached hydrogens (primary N) is 1. The van der Waals surface area contributed by atoms with Gasteiger partial charge in [-0.1, -0.05) is 19.1 Å². The fraction of sp³-hybridized carbons (Fsp3) is 0.625. The minimum atomic E-state index is 0.222. The van der Waals surface area contributed by atoms with Gasteiger partial charge in [0.15, 0.2) is 0 Å². The lowest BCUT2D eigenvalue weighted by Gasteiger charge is -2.35. The molecule has 106 valence electrons. The normalized spacial score (nSPS) is 24.7. The number of hydrogen-bond donors (Lipinski definition) is 1. The number of ether oxygens (including phenoxy) is 1. The summed E-state index contributed by atoms with van der Waals surface area (Å²) < 4.78 is 5.74. The van der Waals surface area contributed by atoms with Crippen LogP contribution >= 0.6 is 0 Å². The number of piperidine rings is 1. The van der Waals surface area contributed by atoms with Gasteiger partial charge in [-0.3, -0.25) is 4.90 Å². The highest BCUT2D eigenvalue weighted by Crippen LogP contribution is 2.20. The summed E-state index contributed by atoms with van der Waals surface area (Å²) in [4.78, 5) is 2.44. The first-order valence-corrected chi connectivity index (χ1v) is 7.28. The van der Waals surface area contributed by atoms with Crippen LogP contribution in [-0.2, 0) is 6.54 Å². The minimum Gasteiger partial charge on any atom is -0.491 e. The van der Waals surface area contributed by atoms with Crippen molar-refractivity contribution >= 4 is 0 Å². The van der Waals surface area contributed by atoms with E-state index in [9.17, 15) is 0 Å². The van der Waals surface area contributed by atoms with E-state index in [-0.39, 0.29) is 6.10 Å². The summed E-state index contributed by atoms with van der Waals surface area (Å²) >= 11 is 0. The van der Waals surface area contributed by atoms with Crippen molar-refractivity contribution in [1.29, 1.82) is 0 Å². The van der Waals surface area contributed by atoms with Gasteiger partial charge in [0.2, 0.25) is 0 Å². The standard InChI is InChI=1S/C16H26N2O/c1-12(2)19-15-6-4-5-14(9-15)10-18-8-7-13(3)16(17)11-18/h4-6,9,12-13,16H,7-8,10-11,17H2,1-3H3. The van der Waals surface area contributed by atoms with E-state index in [1.165, 1.54) is 12.0 Å². The Kier molecular flexibility index (Phi) is 4.83. The van der Waals surface area contributed by atoms with Crippen molar-refractivity contribution in [3.05, 3.63) is 29.8 Å². The molecule has 2 rings (SSSR count). The third-order valence-corrected chi connectivity index (χ3v) is 3.78. The molecule has 1 aromatic rings. The maximum absolute atomic E-state index is 6.15. The van der Waals surface area contributed by atoms with E-state index in [2.05, 4.69) is 43.9 Å². The molecule has 1 aliphatic rings. The van der Waals surface area contributed by atoms with Gasteiger partial charge >= 0.3 is 0 Å². The number of rotatable bonds is 4. The Morgan fingerprint density at radius 1 is 1.42 bits per heavy atom. The van der Waals surface area contributed by atoms with E-state index < -0.39 is 0 Å². The largest absolute Gasteiger partial charge is 0.491 e. The van der Waals surface area contributed by atoms with Crippen LogP contribution in [0.15, 0.2) is 24.3 Å². The molecule has 0 aliphatic carbocycles. The van der Waals surface area contributed by atoms with Crippen molar-refractivity contribution in [2.45, 2.75) is 45.9 Å². The Balaban J connectivity index is 1.95. The molecule has 1 heterocycles. The van der Waals surface area contributed by atoms with Crippen molar-refractivity contribution in [3.63, 3.8) is 0 Å². The monoisotopic (exact) mass is 262 g/mol. The summed E-state index contributed by atoms with van der Waals surface area (Å²) in [6.07, 6.45) is 1.42. The van der Waals surface area contributed by atoms with Crippen LogP contribution in [0.25, 0.3) is 0 Å². The van der Waals surface area contributed by atoms with Crippen LogP contribution in [0.4, 0.5) is 0 Å². The second-order valence-corrected chi connectivity index (χ2v) is 5.98. The summed E-state index contributed by atoms with van der Waals surface area (Å²) in [6.45, 7) is 9.46. The van der Waals surface area contributed by atoms with Crippen molar-refractivity contribution in [2.24, 2.45) is 11.7 Å². The lowest BCUT2D eigenvalue weighted by Crippen LogP contribution is -2.47. The molecule has 1 saturated heterocycles. The van der Waals surface area contributed by atoms with E-state index in [1.54, 1.807) is 0 Å². The fourth-order valence-corrected chi connectivity index (χ4v) is 2.56. The molecule has 0 aromatic heterocycles. The molecule has 0 spiro atoms. The Bertz CT molecular complexity index is 405. The van der Waals surface area contributed by atoms with Gasteiger partial charge in [0, 0.05) is 19.1 Å². The van der Waals surface area contributed by atoms with Gasteiger partial charge < -0.3 is 10.5 Å². The maximum atomic E-state index is 6.15. The van der Waals surface area contributed by atoms with Gasteiger partial charge in [-0.25, -0.2) is 0 Å². The van der Waals surface area contributed by atoms with Gasteiger partial charge in [-0.15, -0.1) is 0 Å². The zero-order valence-electron chi connectivity index (χ0n) is 12.3. The molecule has 19 heavy (non-hydrogen) atoms. The fourth-order valence-electron chi connectivity index (χ4n) is 2.56. The number of benzene rings is 1. The third-order valence-electron chi connectivity index (χ3n) is 3.78. The highest BCUT2D eigenvalue weighted by molar-refractivity contribution is 5.28. The lowest BCUT2D eigenvalue weighted by molar-refractivity contribution is 0.162. The van der Waals surface area contributed by atoms with E-state index in [4.69, 9.17) is 10.5 Å². The molecule has 2 N–H and O–H groups in total. The molecule has 3 heteroatoms. The Morgan fingerprint density at radius 3 is 2.89 bits per heavy atom. The van der Waals surface area contributed by atoms with E-state index in [0.29, 0.717) is 12.0 Å². The third kappa shape index (κ3) is 4.22. The Morgan fingerprint density at radius 2 is 2.21 bits per heavy atom. The average molecular weight is 262 g/mol. The molecule has 1 aliphatic heterocycles. The van der Waals surface area contributed by atoms with Crippen LogP contribution in [0.3, 0.4) is 0 Å².